The third-order valence-corrected chi connectivity index (χ3v) is 3.84. The van der Waals surface area contributed by atoms with Gasteiger partial charge in [-0.1, -0.05) is 6.07 Å². The Bertz CT molecular complexity index is 835. The average molecular weight is 389 g/mol. The van der Waals surface area contributed by atoms with Crippen molar-refractivity contribution in [2.75, 3.05) is 40.4 Å². The zero-order chi connectivity index (χ0) is 20.5. The summed E-state index contributed by atoms with van der Waals surface area (Å²) in [4.78, 5) is 23.7. The highest BCUT2D eigenvalue weighted by Crippen LogP contribution is 2.30. The summed E-state index contributed by atoms with van der Waals surface area (Å²) >= 11 is 0. The highest BCUT2D eigenvalue weighted by atomic mass is 16.6. The van der Waals surface area contributed by atoms with Gasteiger partial charge in [0, 0.05) is 6.07 Å². The summed E-state index contributed by atoms with van der Waals surface area (Å²) in [6, 6.07) is 10.1. The molecule has 2 aromatic carbocycles. The zero-order valence-corrected chi connectivity index (χ0v) is 16.2. The number of hydrogen-bond donors (Lipinski definition) is 1. The van der Waals surface area contributed by atoms with Gasteiger partial charge in [-0.25, -0.2) is 4.79 Å². The lowest BCUT2D eigenvalue weighted by Gasteiger charge is -2.13. The number of ether oxygens (including phenoxy) is 5. The maximum Gasteiger partial charge on any atom is 0.343 e. The molecule has 1 N–H and O–H groups in total. The van der Waals surface area contributed by atoms with Crippen molar-refractivity contribution < 1.29 is 33.3 Å². The minimum Gasteiger partial charge on any atom is -0.495 e. The largest absolute Gasteiger partial charge is 0.495 e. The molecule has 0 aliphatic heterocycles. The van der Waals surface area contributed by atoms with Gasteiger partial charge >= 0.3 is 5.97 Å². The molecular weight excluding hydrogens is 366 g/mol. The number of anilines is 1. The van der Waals surface area contributed by atoms with Crippen LogP contribution < -0.4 is 24.3 Å². The van der Waals surface area contributed by atoms with E-state index in [1.807, 2.05) is 0 Å². The maximum atomic E-state index is 12.5. The van der Waals surface area contributed by atoms with E-state index in [-0.39, 0.29) is 18.9 Å². The van der Waals surface area contributed by atoms with Crippen LogP contribution in [0.4, 0.5) is 5.69 Å². The average Bonchev–Trinajstić information content (AvgIpc) is 2.71. The van der Waals surface area contributed by atoms with Gasteiger partial charge in [0.15, 0.2) is 18.1 Å². The van der Waals surface area contributed by atoms with E-state index in [1.54, 1.807) is 43.5 Å². The quantitative estimate of drug-likeness (QED) is 0.659. The lowest BCUT2D eigenvalue weighted by molar-refractivity contribution is -0.142. The van der Waals surface area contributed by atoms with Gasteiger partial charge in [-0.15, -0.1) is 0 Å². The van der Waals surface area contributed by atoms with Crippen LogP contribution in [0.1, 0.15) is 5.56 Å². The Hall–Kier alpha value is -3.42. The summed E-state index contributed by atoms with van der Waals surface area (Å²) in [7, 11) is 5.85. The highest BCUT2D eigenvalue weighted by molar-refractivity contribution is 5.94. The minimum atomic E-state index is -0.505. The number of amides is 1. The van der Waals surface area contributed by atoms with E-state index in [4.69, 9.17) is 18.9 Å². The van der Waals surface area contributed by atoms with E-state index in [0.29, 0.717) is 28.7 Å². The van der Waals surface area contributed by atoms with Crippen molar-refractivity contribution in [1.82, 2.24) is 0 Å². The van der Waals surface area contributed by atoms with Crippen LogP contribution in [0.25, 0.3) is 0 Å². The number of methoxy groups -OCH3 is 4. The molecule has 0 unspecified atom stereocenters. The van der Waals surface area contributed by atoms with Crippen LogP contribution in [0.2, 0.25) is 0 Å². The Balaban J connectivity index is 2.10. The monoisotopic (exact) mass is 389 g/mol. The van der Waals surface area contributed by atoms with Crippen molar-refractivity contribution in [3.63, 3.8) is 0 Å². The van der Waals surface area contributed by atoms with Gasteiger partial charge in [0.2, 0.25) is 5.91 Å². The molecule has 0 aromatic heterocycles. The first-order chi connectivity index (χ1) is 13.5. The van der Waals surface area contributed by atoms with Gasteiger partial charge in [-0.3, -0.25) is 4.79 Å². The molecule has 150 valence electrons. The van der Waals surface area contributed by atoms with Crippen molar-refractivity contribution in [2.24, 2.45) is 0 Å². The van der Waals surface area contributed by atoms with Crippen LogP contribution in [0, 0.1) is 0 Å². The smallest absolute Gasteiger partial charge is 0.343 e. The Labute approximate surface area is 163 Å². The maximum absolute atomic E-state index is 12.5. The van der Waals surface area contributed by atoms with Crippen molar-refractivity contribution in [3.05, 3.63) is 42.0 Å². The number of nitrogens with one attached hydrogen (secondary N) is 1. The first-order valence-electron chi connectivity index (χ1n) is 8.39. The molecule has 8 nitrogen and oxygen atoms in total. The normalized spacial score (nSPS) is 10.0. The van der Waals surface area contributed by atoms with E-state index in [1.165, 1.54) is 21.3 Å². The summed E-state index contributed by atoms with van der Waals surface area (Å²) in [6.45, 7) is -0.234. The standard InChI is InChI=1S/C20H23NO7/c1-24-16-8-6-14(28-12-20(23)27-4)11-15(16)21-19(22)10-13-5-7-17(25-2)18(9-13)26-3/h5-9,11H,10,12H2,1-4H3,(H,21,22). The lowest BCUT2D eigenvalue weighted by atomic mass is 10.1. The van der Waals surface area contributed by atoms with Gasteiger partial charge in [0.05, 0.1) is 40.5 Å². The third kappa shape index (κ3) is 5.54. The number of carbonyl (C=O) groups excluding carboxylic acids is 2. The van der Waals surface area contributed by atoms with E-state index in [9.17, 15) is 9.59 Å². The van der Waals surface area contributed by atoms with E-state index < -0.39 is 5.97 Å². The number of benzene rings is 2. The Morgan fingerprint density at radius 1 is 0.857 bits per heavy atom. The lowest BCUT2D eigenvalue weighted by Crippen LogP contribution is -2.16. The molecule has 2 rings (SSSR count). The van der Waals surface area contributed by atoms with Crippen LogP contribution >= 0.6 is 0 Å². The minimum absolute atomic E-state index is 0.122. The van der Waals surface area contributed by atoms with E-state index in [0.717, 1.165) is 5.56 Å². The zero-order valence-electron chi connectivity index (χ0n) is 16.2. The van der Waals surface area contributed by atoms with Crippen LogP contribution in [-0.4, -0.2) is 46.9 Å². The van der Waals surface area contributed by atoms with Gasteiger partial charge in [0.1, 0.15) is 11.5 Å². The molecule has 28 heavy (non-hydrogen) atoms. The van der Waals surface area contributed by atoms with Gasteiger partial charge in [-0.05, 0) is 29.8 Å². The molecule has 0 aliphatic carbocycles. The van der Waals surface area contributed by atoms with E-state index in [2.05, 4.69) is 10.1 Å². The fourth-order valence-electron chi connectivity index (χ4n) is 2.45. The summed E-state index contributed by atoms with van der Waals surface area (Å²) in [5, 5.41) is 2.79. The molecule has 0 aliphatic rings. The molecule has 0 heterocycles. The molecule has 0 fully saturated rings. The van der Waals surface area contributed by atoms with Crippen molar-refractivity contribution in [3.8, 4) is 23.0 Å². The second kappa shape index (κ2) is 10.1. The molecule has 0 spiro atoms. The number of rotatable bonds is 9. The predicted molar refractivity (Wildman–Crippen MR) is 102 cm³/mol. The summed E-state index contributed by atoms with van der Waals surface area (Å²) < 4.78 is 25.6. The summed E-state index contributed by atoms with van der Waals surface area (Å²) in [5.41, 5.74) is 1.18. The van der Waals surface area contributed by atoms with Gasteiger partial charge in [0.25, 0.3) is 0 Å². The first kappa shape index (κ1) is 20.9. The summed E-state index contributed by atoms with van der Waals surface area (Å²) in [5.74, 6) is 1.23. The van der Waals surface area contributed by atoms with Gasteiger partial charge in [-0.2, -0.15) is 0 Å². The van der Waals surface area contributed by atoms with Crippen LogP contribution in [0.3, 0.4) is 0 Å². The van der Waals surface area contributed by atoms with Crippen LogP contribution in [0.15, 0.2) is 36.4 Å². The van der Waals surface area contributed by atoms with Crippen LogP contribution in [-0.2, 0) is 20.7 Å². The van der Waals surface area contributed by atoms with Crippen molar-refractivity contribution in [2.45, 2.75) is 6.42 Å². The molecule has 1 amide bonds. The first-order valence-corrected chi connectivity index (χ1v) is 8.39. The molecule has 0 atom stereocenters. The fourth-order valence-corrected chi connectivity index (χ4v) is 2.45. The van der Waals surface area contributed by atoms with Crippen molar-refractivity contribution in [1.29, 1.82) is 0 Å². The molecule has 0 saturated heterocycles. The van der Waals surface area contributed by atoms with Crippen molar-refractivity contribution >= 4 is 17.6 Å². The Morgan fingerprint density at radius 3 is 2.18 bits per heavy atom. The number of carbonyl (C=O) groups is 2. The number of hydrogen-bond acceptors (Lipinski definition) is 7. The Kier molecular flexibility index (Phi) is 7.50. The summed E-state index contributed by atoms with van der Waals surface area (Å²) in [6.07, 6.45) is 0.122. The number of esters is 1. The highest BCUT2D eigenvalue weighted by Gasteiger charge is 2.12. The molecule has 2 aromatic rings. The molecule has 0 radical (unpaired) electrons. The second-order valence-corrected chi connectivity index (χ2v) is 5.64. The molecule has 0 saturated carbocycles. The molecule has 8 heteroatoms. The topological polar surface area (TPSA) is 92.3 Å². The molecule has 0 bridgehead atoms. The fraction of sp³-hybridized carbons (Fsp3) is 0.300. The van der Waals surface area contributed by atoms with Crippen LogP contribution in [0.5, 0.6) is 23.0 Å². The molecular formula is C20H23NO7. The Morgan fingerprint density at radius 2 is 1.54 bits per heavy atom. The SMILES string of the molecule is COC(=O)COc1ccc(OC)c(NC(=O)Cc2ccc(OC)c(OC)c2)c1. The van der Waals surface area contributed by atoms with Gasteiger partial charge < -0.3 is 29.0 Å². The second-order valence-electron chi connectivity index (χ2n) is 5.64. The third-order valence-electron chi connectivity index (χ3n) is 3.84. The van der Waals surface area contributed by atoms with E-state index >= 15 is 0 Å². The predicted octanol–water partition coefficient (Wildman–Crippen LogP) is 2.45.